The van der Waals surface area contributed by atoms with Gasteiger partial charge in [0.05, 0.1) is 18.9 Å². The molecule has 0 fully saturated rings. The van der Waals surface area contributed by atoms with E-state index >= 15 is 0 Å². The van der Waals surface area contributed by atoms with Gasteiger partial charge in [0.15, 0.2) is 0 Å². The molecule has 0 aromatic carbocycles. The van der Waals surface area contributed by atoms with Crippen LogP contribution in [0.15, 0.2) is 45.2 Å². The first-order valence-electron chi connectivity index (χ1n) is 8.00. The van der Waals surface area contributed by atoms with E-state index in [1.165, 1.54) is 25.8 Å². The molecule has 0 aliphatic rings. The smallest absolute Gasteiger partial charge is 0.416 e. The minimum absolute atomic E-state index is 0.149. The molecular weight excluding hydrogens is 345 g/mol. The first-order chi connectivity index (χ1) is 12.2. The summed E-state index contributed by atoms with van der Waals surface area (Å²) in [5.41, 5.74) is 0.659. The van der Waals surface area contributed by atoms with Crippen molar-refractivity contribution in [2.45, 2.75) is 40.3 Å². The topological polar surface area (TPSA) is 47.6 Å². The third kappa shape index (κ3) is 6.74. The lowest BCUT2D eigenvalue weighted by Gasteiger charge is -2.08. The lowest BCUT2D eigenvalue weighted by Crippen LogP contribution is -2.10. The number of allylic oxidation sites excluding steroid dienone is 5. The second-order valence-corrected chi connectivity index (χ2v) is 5.57. The van der Waals surface area contributed by atoms with Crippen molar-refractivity contribution in [1.29, 1.82) is 0 Å². The van der Waals surface area contributed by atoms with Crippen molar-refractivity contribution >= 4 is 17.9 Å². The van der Waals surface area contributed by atoms with Crippen molar-refractivity contribution in [3.8, 4) is 0 Å². The van der Waals surface area contributed by atoms with Gasteiger partial charge in [-0.2, -0.15) is 13.2 Å². The zero-order valence-electron chi connectivity index (χ0n) is 15.5. The number of oxazole rings is 1. The van der Waals surface area contributed by atoms with Gasteiger partial charge in [-0.05, 0) is 39.3 Å². The van der Waals surface area contributed by atoms with Crippen molar-refractivity contribution < 1.29 is 22.3 Å². The Hall–Kier alpha value is -2.57. The maximum Gasteiger partial charge on any atom is 0.416 e. The Balaban J connectivity index is 3.18. The molecule has 0 aliphatic heterocycles. The minimum atomic E-state index is -4.47. The van der Waals surface area contributed by atoms with Crippen LogP contribution >= 0.6 is 0 Å². The first-order valence-corrected chi connectivity index (χ1v) is 8.00. The van der Waals surface area contributed by atoms with Crippen LogP contribution in [-0.2, 0) is 4.74 Å². The fourth-order valence-corrected chi connectivity index (χ4v) is 1.80. The average Bonchev–Trinajstić information content (AvgIpc) is 2.93. The quantitative estimate of drug-likeness (QED) is 0.343. The molecule has 0 aliphatic carbocycles. The van der Waals surface area contributed by atoms with Crippen LogP contribution in [0.2, 0.25) is 0 Å². The number of aliphatic imine (C=N–C) groups is 1. The number of hydrogen-bond acceptors (Lipinski definition) is 4. The summed E-state index contributed by atoms with van der Waals surface area (Å²) in [6.07, 6.45) is 4.22. The molecular formula is C19H23F3N2O2. The predicted molar refractivity (Wildman–Crippen MR) is 97.6 cm³/mol. The average molecular weight is 368 g/mol. The van der Waals surface area contributed by atoms with Gasteiger partial charge in [0.25, 0.3) is 0 Å². The van der Waals surface area contributed by atoms with E-state index in [1.807, 2.05) is 0 Å². The Kier molecular flexibility index (Phi) is 8.09. The second-order valence-electron chi connectivity index (χ2n) is 5.57. The fourth-order valence-electron chi connectivity index (χ4n) is 1.80. The molecule has 0 N–H and O–H groups in total. The summed E-state index contributed by atoms with van der Waals surface area (Å²) in [4.78, 5) is 8.10. The van der Waals surface area contributed by atoms with Crippen molar-refractivity contribution in [2.75, 3.05) is 7.11 Å². The lowest BCUT2D eigenvalue weighted by atomic mass is 10.1. The predicted octanol–water partition coefficient (Wildman–Crippen LogP) is 5.88. The second kappa shape index (κ2) is 9.79. The molecule has 0 unspecified atom stereocenters. The van der Waals surface area contributed by atoms with E-state index in [0.717, 1.165) is 12.2 Å². The van der Waals surface area contributed by atoms with Crippen LogP contribution in [0, 0.1) is 6.92 Å². The van der Waals surface area contributed by atoms with E-state index < -0.39 is 11.7 Å². The highest BCUT2D eigenvalue weighted by atomic mass is 19.4. The number of methoxy groups -OCH3 is 1. The normalized spacial score (nSPS) is 14.7. The Labute approximate surface area is 151 Å². The molecule has 1 aromatic rings. The molecule has 26 heavy (non-hydrogen) atoms. The summed E-state index contributed by atoms with van der Waals surface area (Å²) in [6, 6.07) is 0. The van der Waals surface area contributed by atoms with Gasteiger partial charge >= 0.3 is 6.18 Å². The molecule has 1 aromatic heterocycles. The number of alkyl halides is 3. The van der Waals surface area contributed by atoms with Gasteiger partial charge in [0, 0.05) is 11.8 Å². The van der Waals surface area contributed by atoms with E-state index in [0.29, 0.717) is 23.3 Å². The summed E-state index contributed by atoms with van der Waals surface area (Å²) >= 11 is 0. The van der Waals surface area contributed by atoms with Gasteiger partial charge in [-0.25, -0.2) is 4.98 Å². The van der Waals surface area contributed by atoms with Gasteiger partial charge in [-0.15, -0.1) is 0 Å². The molecule has 0 spiro atoms. The number of aryl methyl sites for hydroxylation is 1. The summed E-state index contributed by atoms with van der Waals surface area (Å²) in [5, 5.41) is 0. The monoisotopic (exact) mass is 368 g/mol. The van der Waals surface area contributed by atoms with Crippen molar-refractivity contribution in [1.82, 2.24) is 4.98 Å². The molecule has 0 atom stereocenters. The molecule has 7 heteroatoms. The highest BCUT2D eigenvalue weighted by Gasteiger charge is 2.32. The van der Waals surface area contributed by atoms with Crippen LogP contribution in [0.5, 0.6) is 0 Å². The zero-order valence-corrected chi connectivity index (χ0v) is 15.5. The molecule has 1 heterocycles. The number of halogens is 3. The highest BCUT2D eigenvalue weighted by molar-refractivity contribution is 5.82. The van der Waals surface area contributed by atoms with Crippen molar-refractivity contribution in [3.63, 3.8) is 0 Å². The number of hydrogen-bond donors (Lipinski definition) is 0. The van der Waals surface area contributed by atoms with Gasteiger partial charge in [0.1, 0.15) is 17.7 Å². The van der Waals surface area contributed by atoms with Gasteiger partial charge in [0.2, 0.25) is 5.89 Å². The highest BCUT2D eigenvalue weighted by Crippen LogP contribution is 2.30. The number of ether oxygens (including phenoxy) is 1. The Morgan fingerprint density at radius 2 is 2.00 bits per heavy atom. The van der Waals surface area contributed by atoms with Crippen molar-refractivity contribution in [2.24, 2.45) is 4.99 Å². The SMILES string of the molecule is CCC(C)=C/C(=C\c1nc(/C(C)=C/C=N/C=C/OC)oc1C)C(F)(F)F. The Morgan fingerprint density at radius 3 is 2.58 bits per heavy atom. The summed E-state index contributed by atoms with van der Waals surface area (Å²) in [5.74, 6) is 0.557. The lowest BCUT2D eigenvalue weighted by molar-refractivity contribution is -0.0873. The largest absolute Gasteiger partial charge is 0.503 e. The summed E-state index contributed by atoms with van der Waals surface area (Å²) in [7, 11) is 1.50. The molecule has 0 radical (unpaired) electrons. The Bertz CT molecular complexity index is 751. The molecule has 0 amide bonds. The van der Waals surface area contributed by atoms with Crippen LogP contribution in [-0.4, -0.2) is 24.5 Å². The van der Waals surface area contributed by atoms with Gasteiger partial charge in [-0.3, -0.25) is 4.99 Å². The summed E-state index contributed by atoms with van der Waals surface area (Å²) in [6.45, 7) is 6.77. The number of rotatable bonds is 7. The van der Waals surface area contributed by atoms with E-state index in [4.69, 9.17) is 9.15 Å². The third-order valence-corrected chi connectivity index (χ3v) is 3.44. The maximum atomic E-state index is 13.3. The van der Waals surface area contributed by atoms with Crippen LogP contribution in [0.4, 0.5) is 13.2 Å². The van der Waals surface area contributed by atoms with Crippen LogP contribution in [0.25, 0.3) is 11.6 Å². The molecule has 1 rings (SSSR count). The fraction of sp³-hybridized carbons (Fsp3) is 0.368. The van der Waals surface area contributed by atoms with E-state index in [2.05, 4.69) is 9.98 Å². The van der Waals surface area contributed by atoms with E-state index in [9.17, 15) is 13.2 Å². The van der Waals surface area contributed by atoms with Crippen LogP contribution < -0.4 is 0 Å². The standard InChI is InChI=1S/C19H23F3N2O2/c1-6-13(2)11-16(19(20,21)22)12-17-15(4)26-18(24-17)14(3)7-8-23-9-10-25-5/h7-12H,6H2,1-5H3/b10-9+,13-11?,14-7+,16-12+,23-8+. The Morgan fingerprint density at radius 1 is 1.31 bits per heavy atom. The van der Waals surface area contributed by atoms with Gasteiger partial charge < -0.3 is 9.15 Å². The minimum Gasteiger partial charge on any atom is -0.503 e. The third-order valence-electron chi connectivity index (χ3n) is 3.44. The molecule has 0 saturated carbocycles. The van der Waals surface area contributed by atoms with E-state index in [-0.39, 0.29) is 11.6 Å². The van der Waals surface area contributed by atoms with E-state index in [1.54, 1.807) is 33.8 Å². The summed E-state index contributed by atoms with van der Waals surface area (Å²) < 4.78 is 49.9. The zero-order chi connectivity index (χ0) is 19.7. The molecule has 4 nitrogen and oxygen atoms in total. The number of aromatic nitrogens is 1. The van der Waals surface area contributed by atoms with Crippen molar-refractivity contribution in [3.05, 3.63) is 53.1 Å². The van der Waals surface area contributed by atoms with Crippen LogP contribution in [0.1, 0.15) is 44.5 Å². The molecule has 0 saturated heterocycles. The number of nitrogens with zero attached hydrogens (tertiary/aromatic N) is 2. The van der Waals surface area contributed by atoms with Gasteiger partial charge in [-0.1, -0.05) is 18.6 Å². The first kappa shape index (κ1) is 21.5. The molecule has 142 valence electrons. The van der Waals surface area contributed by atoms with Crippen LogP contribution in [0.3, 0.4) is 0 Å². The maximum absolute atomic E-state index is 13.3. The molecule has 0 bridgehead atoms.